The third-order valence-electron chi connectivity index (χ3n) is 5.31. The van der Waals surface area contributed by atoms with Crippen molar-refractivity contribution in [3.05, 3.63) is 48.4 Å². The minimum atomic E-state index is -0.720. The molecule has 1 saturated heterocycles. The van der Waals surface area contributed by atoms with Gasteiger partial charge in [-0.25, -0.2) is 0 Å². The van der Waals surface area contributed by atoms with Gasteiger partial charge in [-0.15, -0.1) is 0 Å². The molecule has 3 atom stereocenters. The summed E-state index contributed by atoms with van der Waals surface area (Å²) in [7, 11) is 0. The third kappa shape index (κ3) is 3.95. The molecule has 6 heteroatoms. The first kappa shape index (κ1) is 17.9. The Morgan fingerprint density at radius 3 is 2.81 bits per heavy atom. The quantitative estimate of drug-likeness (QED) is 0.893. The van der Waals surface area contributed by atoms with E-state index < -0.39 is 12.2 Å². The predicted octanol–water partition coefficient (Wildman–Crippen LogP) is 3.31. The number of amides is 1. The van der Waals surface area contributed by atoms with Gasteiger partial charge in [0.15, 0.2) is 11.5 Å². The van der Waals surface area contributed by atoms with Crippen LogP contribution in [0.15, 0.2) is 47.1 Å². The van der Waals surface area contributed by atoms with Crippen LogP contribution in [0.5, 0.6) is 11.5 Å². The fraction of sp³-hybridized carbons (Fsp3) is 0.476. The van der Waals surface area contributed by atoms with Gasteiger partial charge >= 0.3 is 0 Å². The van der Waals surface area contributed by atoms with Crippen molar-refractivity contribution in [2.75, 3.05) is 13.2 Å². The lowest BCUT2D eigenvalue weighted by Gasteiger charge is -2.35. The summed E-state index contributed by atoms with van der Waals surface area (Å²) in [5.74, 6) is 1.74. The fourth-order valence-electron chi connectivity index (χ4n) is 3.89. The van der Waals surface area contributed by atoms with Crippen molar-refractivity contribution < 1.29 is 23.8 Å². The van der Waals surface area contributed by atoms with Gasteiger partial charge in [0.25, 0.3) is 5.91 Å². The van der Waals surface area contributed by atoms with Crippen LogP contribution in [-0.4, -0.2) is 41.2 Å². The molecule has 1 N–H and O–H groups in total. The molecule has 1 aromatic carbocycles. The van der Waals surface area contributed by atoms with Gasteiger partial charge in [-0.05, 0) is 37.1 Å². The van der Waals surface area contributed by atoms with Crippen molar-refractivity contribution in [1.29, 1.82) is 0 Å². The minimum absolute atomic E-state index is 0.0409. The monoisotopic (exact) mass is 371 g/mol. The first-order chi connectivity index (χ1) is 13.2. The molecule has 0 saturated carbocycles. The highest BCUT2D eigenvalue weighted by Gasteiger charge is 2.36. The van der Waals surface area contributed by atoms with E-state index in [9.17, 15) is 9.90 Å². The van der Waals surface area contributed by atoms with Crippen molar-refractivity contribution in [2.45, 2.75) is 50.4 Å². The fourth-order valence-corrected chi connectivity index (χ4v) is 3.89. The van der Waals surface area contributed by atoms with E-state index in [2.05, 4.69) is 0 Å². The second-order valence-electron chi connectivity index (χ2n) is 7.17. The molecule has 6 nitrogen and oxygen atoms in total. The number of carbonyl (C=O) groups is 1. The van der Waals surface area contributed by atoms with Crippen LogP contribution in [0.4, 0.5) is 0 Å². The van der Waals surface area contributed by atoms with Crippen LogP contribution in [-0.2, 0) is 4.79 Å². The number of fused-ring (bicyclic) bond motifs is 1. The Labute approximate surface area is 158 Å². The average Bonchev–Trinajstić information content (AvgIpc) is 3.15. The maximum atomic E-state index is 13.2. The summed E-state index contributed by atoms with van der Waals surface area (Å²) in [6, 6.07) is 10.9. The number of hydrogen-bond acceptors (Lipinski definition) is 5. The molecule has 1 fully saturated rings. The molecule has 0 unspecified atom stereocenters. The minimum Gasteiger partial charge on any atom is -0.485 e. The van der Waals surface area contributed by atoms with Gasteiger partial charge in [-0.3, -0.25) is 4.79 Å². The van der Waals surface area contributed by atoms with Gasteiger partial charge in [-0.2, -0.15) is 0 Å². The van der Waals surface area contributed by atoms with E-state index in [0.717, 1.165) is 25.7 Å². The zero-order chi connectivity index (χ0) is 18.6. The van der Waals surface area contributed by atoms with Gasteiger partial charge in [0.05, 0.1) is 6.26 Å². The van der Waals surface area contributed by atoms with Gasteiger partial charge in [0, 0.05) is 19.0 Å². The SMILES string of the molecule is O=C([C@@H]1COc2ccccc2O1)N1CCCCC[C@H]1C[C@H](O)c1ccco1. The van der Waals surface area contributed by atoms with Gasteiger partial charge in [0.1, 0.15) is 18.5 Å². The van der Waals surface area contributed by atoms with Crippen molar-refractivity contribution in [3.8, 4) is 11.5 Å². The van der Waals surface area contributed by atoms with Crippen LogP contribution < -0.4 is 9.47 Å². The molecule has 2 aliphatic rings. The summed E-state index contributed by atoms with van der Waals surface area (Å²) in [4.78, 5) is 15.1. The number of aliphatic hydroxyl groups is 1. The highest BCUT2D eigenvalue weighted by atomic mass is 16.6. The predicted molar refractivity (Wildman–Crippen MR) is 98.6 cm³/mol. The Balaban J connectivity index is 1.48. The molecule has 27 heavy (non-hydrogen) atoms. The number of likely N-dealkylation sites (tertiary alicyclic amines) is 1. The molecule has 0 radical (unpaired) electrons. The van der Waals surface area contributed by atoms with Crippen LogP contribution in [0.1, 0.15) is 44.0 Å². The van der Waals surface area contributed by atoms with Crippen molar-refractivity contribution in [2.24, 2.45) is 0 Å². The number of carbonyl (C=O) groups excluding carboxylic acids is 1. The number of furan rings is 1. The summed E-state index contributed by atoms with van der Waals surface area (Å²) in [5.41, 5.74) is 0. The Morgan fingerprint density at radius 2 is 2.00 bits per heavy atom. The Bertz CT molecular complexity index is 760. The van der Waals surface area contributed by atoms with E-state index in [-0.39, 0.29) is 18.6 Å². The highest BCUT2D eigenvalue weighted by Crippen LogP contribution is 2.33. The van der Waals surface area contributed by atoms with E-state index in [0.29, 0.717) is 30.2 Å². The smallest absolute Gasteiger partial charge is 0.267 e. The van der Waals surface area contributed by atoms with Crippen LogP contribution in [0, 0.1) is 0 Å². The lowest BCUT2D eigenvalue weighted by atomic mass is 10.0. The number of aliphatic hydroxyl groups excluding tert-OH is 1. The van der Waals surface area contributed by atoms with Crippen molar-refractivity contribution in [1.82, 2.24) is 4.90 Å². The third-order valence-corrected chi connectivity index (χ3v) is 5.31. The van der Waals surface area contributed by atoms with Crippen molar-refractivity contribution in [3.63, 3.8) is 0 Å². The van der Waals surface area contributed by atoms with Crippen LogP contribution in [0.3, 0.4) is 0 Å². The molecule has 0 aliphatic carbocycles. The number of nitrogens with zero attached hydrogens (tertiary/aromatic N) is 1. The second-order valence-corrected chi connectivity index (χ2v) is 7.17. The Hall–Kier alpha value is -2.47. The largest absolute Gasteiger partial charge is 0.485 e. The Kier molecular flexibility index (Phi) is 5.34. The van der Waals surface area contributed by atoms with E-state index in [4.69, 9.17) is 13.9 Å². The van der Waals surface area contributed by atoms with E-state index >= 15 is 0 Å². The number of benzene rings is 1. The summed E-state index contributed by atoms with van der Waals surface area (Å²) in [5, 5.41) is 10.5. The van der Waals surface area contributed by atoms with Crippen molar-refractivity contribution >= 4 is 5.91 Å². The normalized spacial score (nSPS) is 23.5. The van der Waals surface area contributed by atoms with Crippen LogP contribution in [0.25, 0.3) is 0 Å². The molecule has 3 heterocycles. The Morgan fingerprint density at radius 1 is 1.15 bits per heavy atom. The molecule has 0 bridgehead atoms. The lowest BCUT2D eigenvalue weighted by molar-refractivity contribution is -0.144. The molecular weight excluding hydrogens is 346 g/mol. The molecule has 4 rings (SSSR count). The first-order valence-corrected chi connectivity index (χ1v) is 9.63. The average molecular weight is 371 g/mol. The van der Waals surface area contributed by atoms with Crippen LogP contribution in [0.2, 0.25) is 0 Å². The van der Waals surface area contributed by atoms with E-state index in [1.165, 1.54) is 0 Å². The van der Waals surface area contributed by atoms with Gasteiger partial charge in [-0.1, -0.05) is 25.0 Å². The maximum Gasteiger partial charge on any atom is 0.267 e. The van der Waals surface area contributed by atoms with E-state index in [1.807, 2.05) is 29.2 Å². The summed E-state index contributed by atoms with van der Waals surface area (Å²) in [6.45, 7) is 0.885. The molecule has 2 aromatic rings. The maximum absolute atomic E-state index is 13.2. The van der Waals surface area contributed by atoms with E-state index in [1.54, 1.807) is 18.4 Å². The zero-order valence-corrected chi connectivity index (χ0v) is 15.3. The molecule has 2 aliphatic heterocycles. The molecule has 144 valence electrons. The molecule has 1 amide bonds. The standard InChI is InChI=1S/C21H25NO5/c23-16(17-10-6-12-25-17)13-15-7-2-1-5-11-22(15)21(24)20-14-26-18-8-3-4-9-19(18)27-20/h3-4,6,8-10,12,15-16,20,23H,1-2,5,7,11,13-14H2/t15-,16-,20-/m0/s1. The lowest BCUT2D eigenvalue weighted by Crippen LogP contribution is -2.50. The summed E-state index contributed by atoms with van der Waals surface area (Å²) in [6.07, 6.45) is 4.61. The summed E-state index contributed by atoms with van der Waals surface area (Å²) < 4.78 is 17.0. The first-order valence-electron chi connectivity index (χ1n) is 9.63. The number of hydrogen-bond donors (Lipinski definition) is 1. The molecule has 0 spiro atoms. The number of para-hydroxylation sites is 2. The molecular formula is C21H25NO5. The van der Waals surface area contributed by atoms with Gasteiger partial charge < -0.3 is 23.9 Å². The van der Waals surface area contributed by atoms with Crippen LogP contribution >= 0.6 is 0 Å². The van der Waals surface area contributed by atoms with Gasteiger partial charge in [0.2, 0.25) is 6.10 Å². The molecule has 1 aromatic heterocycles. The number of rotatable bonds is 4. The topological polar surface area (TPSA) is 72.1 Å². The second kappa shape index (κ2) is 8.05. The number of ether oxygens (including phenoxy) is 2. The zero-order valence-electron chi connectivity index (χ0n) is 15.3. The highest BCUT2D eigenvalue weighted by molar-refractivity contribution is 5.82. The summed E-state index contributed by atoms with van der Waals surface area (Å²) >= 11 is 0.